The molecule has 2 amide bonds. The van der Waals surface area contributed by atoms with Gasteiger partial charge in [0.2, 0.25) is 0 Å². The molecule has 3 aromatic rings. The Morgan fingerprint density at radius 3 is 2.25 bits per heavy atom. The minimum atomic E-state index is -0.608. The highest BCUT2D eigenvalue weighted by atomic mass is 35.5. The fourth-order valence-corrected chi connectivity index (χ4v) is 3.43. The number of carbonyl (C=O) groups excluding carboxylic acids is 3. The lowest BCUT2D eigenvalue weighted by atomic mass is 10.2. The van der Waals surface area contributed by atoms with Gasteiger partial charge >= 0.3 is 5.97 Å². The number of hydrogen-bond donors (Lipinski definition) is 1. The number of hydrogen-bond acceptors (Lipinski definition) is 5. The molecule has 0 spiro atoms. The third-order valence-electron chi connectivity index (χ3n) is 4.77. The summed E-state index contributed by atoms with van der Waals surface area (Å²) in [4.78, 5) is 38.7. The fourth-order valence-electron chi connectivity index (χ4n) is 3.10. The molecule has 4 rings (SSSR count). The van der Waals surface area contributed by atoms with Crippen LogP contribution in [0.3, 0.4) is 0 Å². The Morgan fingerprint density at radius 2 is 1.59 bits per heavy atom. The Hall–Kier alpha value is -3.61. The molecule has 3 aromatic carbocycles. The van der Waals surface area contributed by atoms with Crippen LogP contribution < -0.4 is 15.0 Å². The van der Waals surface area contributed by atoms with Crippen LogP contribution in [0.1, 0.15) is 15.9 Å². The van der Waals surface area contributed by atoms with Crippen molar-refractivity contribution >= 4 is 52.4 Å². The van der Waals surface area contributed by atoms with Gasteiger partial charge in [-0.05, 0) is 67.1 Å². The fraction of sp³-hybridized carbons (Fsp3) is 0.0417. The number of para-hydroxylation sites is 1. The van der Waals surface area contributed by atoms with E-state index in [1.54, 1.807) is 60.7 Å². The molecule has 0 radical (unpaired) electrons. The third-order valence-corrected chi connectivity index (χ3v) is 5.55. The molecule has 0 saturated carbocycles. The van der Waals surface area contributed by atoms with Crippen molar-refractivity contribution in [1.82, 2.24) is 0 Å². The normalized spacial score (nSPS) is 13.5. The van der Waals surface area contributed by atoms with Gasteiger partial charge in [0.05, 0.1) is 11.3 Å². The zero-order valence-electron chi connectivity index (χ0n) is 16.8. The number of ether oxygens (including phenoxy) is 1. The number of halogens is 2. The smallest absolute Gasteiger partial charge is 0.343 e. The van der Waals surface area contributed by atoms with Crippen LogP contribution in [-0.2, 0) is 9.59 Å². The molecule has 0 unspecified atom stereocenters. The van der Waals surface area contributed by atoms with E-state index in [2.05, 4.69) is 5.32 Å². The first-order valence-electron chi connectivity index (χ1n) is 9.54. The summed E-state index contributed by atoms with van der Waals surface area (Å²) >= 11 is 12.1. The van der Waals surface area contributed by atoms with Crippen LogP contribution in [0.5, 0.6) is 5.75 Å². The van der Waals surface area contributed by atoms with Crippen molar-refractivity contribution < 1.29 is 19.1 Å². The molecule has 32 heavy (non-hydrogen) atoms. The molecule has 0 bridgehead atoms. The highest BCUT2D eigenvalue weighted by molar-refractivity contribution is 6.53. The maximum absolute atomic E-state index is 12.8. The van der Waals surface area contributed by atoms with E-state index in [9.17, 15) is 14.4 Å². The van der Waals surface area contributed by atoms with Crippen molar-refractivity contribution in [2.45, 2.75) is 6.92 Å². The Labute approximate surface area is 194 Å². The van der Waals surface area contributed by atoms with Crippen LogP contribution in [-0.4, -0.2) is 17.8 Å². The van der Waals surface area contributed by atoms with Gasteiger partial charge in [0.25, 0.3) is 11.8 Å². The van der Waals surface area contributed by atoms with Gasteiger partial charge in [-0.1, -0.05) is 41.4 Å². The average molecular weight is 467 g/mol. The first-order chi connectivity index (χ1) is 15.3. The maximum Gasteiger partial charge on any atom is 0.343 e. The van der Waals surface area contributed by atoms with Gasteiger partial charge in [-0.3, -0.25) is 9.59 Å². The summed E-state index contributed by atoms with van der Waals surface area (Å²) in [6, 6.07) is 19.7. The van der Waals surface area contributed by atoms with Crippen molar-refractivity contribution in [2.24, 2.45) is 0 Å². The van der Waals surface area contributed by atoms with Gasteiger partial charge in [-0.25, -0.2) is 9.69 Å². The molecule has 6 nitrogen and oxygen atoms in total. The Morgan fingerprint density at radius 1 is 0.906 bits per heavy atom. The number of amides is 2. The summed E-state index contributed by atoms with van der Waals surface area (Å²) in [6.45, 7) is 1.81. The van der Waals surface area contributed by atoms with E-state index in [0.29, 0.717) is 27.7 Å². The molecule has 8 heteroatoms. The number of anilines is 2. The second-order valence-corrected chi connectivity index (χ2v) is 7.76. The van der Waals surface area contributed by atoms with Crippen molar-refractivity contribution in [3.05, 3.63) is 99.7 Å². The highest BCUT2D eigenvalue weighted by Gasteiger charge is 2.38. The minimum absolute atomic E-state index is 0.0347. The summed E-state index contributed by atoms with van der Waals surface area (Å²) in [5, 5.41) is 3.24. The highest BCUT2D eigenvalue weighted by Crippen LogP contribution is 2.30. The van der Waals surface area contributed by atoms with Gasteiger partial charge in [-0.2, -0.15) is 0 Å². The zero-order chi connectivity index (χ0) is 22.8. The molecule has 1 aliphatic heterocycles. The summed E-state index contributed by atoms with van der Waals surface area (Å²) in [7, 11) is 0. The predicted molar refractivity (Wildman–Crippen MR) is 123 cm³/mol. The molecule has 160 valence electrons. The first kappa shape index (κ1) is 21.6. The van der Waals surface area contributed by atoms with Crippen molar-refractivity contribution in [1.29, 1.82) is 0 Å². The maximum atomic E-state index is 12.8. The molecule has 0 fully saturated rings. The average Bonchev–Trinajstić information content (AvgIpc) is 3.00. The van der Waals surface area contributed by atoms with Crippen molar-refractivity contribution in [3.8, 4) is 5.75 Å². The monoisotopic (exact) mass is 466 g/mol. The molecule has 1 aliphatic rings. The topological polar surface area (TPSA) is 75.7 Å². The predicted octanol–water partition coefficient (Wildman–Crippen LogP) is 5.30. The SMILES string of the molecule is Cc1cc(OC(=O)c2ccc(NC3=C(Cl)C(=O)N(c4ccccc4)C3=O)cc2)ccc1Cl. The second kappa shape index (κ2) is 8.86. The zero-order valence-corrected chi connectivity index (χ0v) is 18.3. The lowest BCUT2D eigenvalue weighted by Crippen LogP contribution is -2.32. The van der Waals surface area contributed by atoms with Crippen LogP contribution in [0.2, 0.25) is 5.02 Å². The van der Waals surface area contributed by atoms with Gasteiger partial charge in [0, 0.05) is 10.7 Å². The summed E-state index contributed by atoms with van der Waals surface area (Å²) in [6.07, 6.45) is 0. The quantitative estimate of drug-likeness (QED) is 0.313. The number of esters is 1. The lowest BCUT2D eigenvalue weighted by Gasteiger charge is -2.14. The molecule has 0 saturated heterocycles. The van der Waals surface area contributed by atoms with Gasteiger partial charge in [-0.15, -0.1) is 0 Å². The van der Waals surface area contributed by atoms with Gasteiger partial charge < -0.3 is 10.1 Å². The van der Waals surface area contributed by atoms with E-state index in [1.807, 2.05) is 6.92 Å². The largest absolute Gasteiger partial charge is 0.423 e. The summed E-state index contributed by atoms with van der Waals surface area (Å²) < 4.78 is 5.37. The van der Waals surface area contributed by atoms with E-state index < -0.39 is 17.8 Å². The van der Waals surface area contributed by atoms with Crippen LogP contribution in [0.25, 0.3) is 0 Å². The summed E-state index contributed by atoms with van der Waals surface area (Å²) in [5.41, 5.74) is 1.97. The van der Waals surface area contributed by atoms with E-state index in [1.165, 1.54) is 12.1 Å². The molecule has 1 N–H and O–H groups in total. The standard InChI is InChI=1S/C24H16Cl2N2O4/c1-14-13-18(11-12-19(14)25)32-24(31)15-7-9-16(10-8-15)27-21-20(26)22(29)28(23(21)30)17-5-3-2-4-6-17/h2-13,27H,1H3. The van der Waals surface area contributed by atoms with E-state index in [0.717, 1.165) is 10.5 Å². The molecule has 1 heterocycles. The lowest BCUT2D eigenvalue weighted by molar-refractivity contribution is -0.120. The van der Waals surface area contributed by atoms with Crippen molar-refractivity contribution in [3.63, 3.8) is 0 Å². The van der Waals surface area contributed by atoms with Crippen LogP contribution in [0, 0.1) is 6.92 Å². The summed E-state index contributed by atoms with van der Waals surface area (Å²) in [5.74, 6) is -1.33. The molecule has 0 aromatic heterocycles. The second-order valence-electron chi connectivity index (χ2n) is 6.97. The molecular formula is C24H16Cl2N2O4. The van der Waals surface area contributed by atoms with Crippen LogP contribution in [0.4, 0.5) is 11.4 Å². The number of benzene rings is 3. The first-order valence-corrected chi connectivity index (χ1v) is 10.3. The number of nitrogens with one attached hydrogen (secondary N) is 1. The number of imide groups is 1. The molecular weight excluding hydrogens is 451 g/mol. The van der Waals surface area contributed by atoms with Gasteiger partial charge in [0.1, 0.15) is 16.5 Å². The van der Waals surface area contributed by atoms with Gasteiger partial charge in [0.15, 0.2) is 0 Å². The Balaban J connectivity index is 1.47. The molecule has 0 aliphatic carbocycles. The Kier molecular flexibility index (Phi) is 5.99. The minimum Gasteiger partial charge on any atom is -0.423 e. The van der Waals surface area contributed by atoms with Crippen LogP contribution in [0.15, 0.2) is 83.5 Å². The third kappa shape index (κ3) is 4.23. The number of rotatable bonds is 5. The van der Waals surface area contributed by atoms with E-state index in [4.69, 9.17) is 27.9 Å². The number of carbonyl (C=O) groups is 3. The molecule has 0 atom stereocenters. The van der Waals surface area contributed by atoms with Crippen molar-refractivity contribution in [2.75, 3.05) is 10.2 Å². The number of nitrogens with zero attached hydrogens (tertiary/aromatic N) is 1. The van der Waals surface area contributed by atoms with E-state index in [-0.39, 0.29) is 10.7 Å². The van der Waals surface area contributed by atoms with E-state index >= 15 is 0 Å². The Bertz CT molecular complexity index is 1250. The number of aryl methyl sites for hydroxylation is 1. The van der Waals surface area contributed by atoms with Crippen LogP contribution >= 0.6 is 23.2 Å².